The standard InChI is InChI=1S/C20H32O4/c1-2-3-4-5-6-7-8-9-10-11-12-13-15-18(21)19(22)16-14-17-20(23)24/h6-7,9-13,15,18-19,21-22H,2-5,8,14,16-17H2,1H3,(H,23,24)/b7-6+,10-9+,12-11+,15-13+/t18-,19+/m1/s1. The molecule has 0 radical (unpaired) electrons. The van der Waals surface area contributed by atoms with Gasteiger partial charge in [0.2, 0.25) is 0 Å². The molecule has 0 fully saturated rings. The number of carboxylic acid groups (broad SMARTS) is 1. The summed E-state index contributed by atoms with van der Waals surface area (Å²) in [4.78, 5) is 10.4. The van der Waals surface area contributed by atoms with E-state index in [0.29, 0.717) is 6.42 Å². The molecular formula is C20H32O4. The summed E-state index contributed by atoms with van der Waals surface area (Å²) in [5.74, 6) is -0.891. The van der Waals surface area contributed by atoms with Crippen molar-refractivity contribution in [3.63, 3.8) is 0 Å². The van der Waals surface area contributed by atoms with Gasteiger partial charge in [-0.3, -0.25) is 4.79 Å². The van der Waals surface area contributed by atoms with Crippen molar-refractivity contribution >= 4 is 5.97 Å². The lowest BCUT2D eigenvalue weighted by molar-refractivity contribution is -0.137. The zero-order valence-electron chi connectivity index (χ0n) is 14.7. The van der Waals surface area contributed by atoms with E-state index in [4.69, 9.17) is 5.11 Å². The molecule has 0 heterocycles. The molecule has 0 aromatic heterocycles. The van der Waals surface area contributed by atoms with Crippen LogP contribution in [-0.4, -0.2) is 33.5 Å². The molecule has 3 N–H and O–H groups in total. The smallest absolute Gasteiger partial charge is 0.303 e. The molecule has 136 valence electrons. The normalized spacial score (nSPS) is 15.1. The van der Waals surface area contributed by atoms with Crippen LogP contribution in [0.3, 0.4) is 0 Å². The average Bonchev–Trinajstić information content (AvgIpc) is 2.55. The average molecular weight is 336 g/mol. The van der Waals surface area contributed by atoms with Gasteiger partial charge in [-0.25, -0.2) is 0 Å². The van der Waals surface area contributed by atoms with Crippen LogP contribution in [0.2, 0.25) is 0 Å². The summed E-state index contributed by atoms with van der Waals surface area (Å²) >= 11 is 0. The monoisotopic (exact) mass is 336 g/mol. The number of hydrogen-bond donors (Lipinski definition) is 3. The minimum atomic E-state index is -0.974. The molecular weight excluding hydrogens is 304 g/mol. The zero-order valence-corrected chi connectivity index (χ0v) is 14.7. The van der Waals surface area contributed by atoms with E-state index in [9.17, 15) is 15.0 Å². The van der Waals surface area contributed by atoms with Crippen LogP contribution in [0, 0.1) is 0 Å². The van der Waals surface area contributed by atoms with Crippen molar-refractivity contribution < 1.29 is 20.1 Å². The number of hydrogen-bond acceptors (Lipinski definition) is 3. The molecule has 0 aromatic rings. The van der Waals surface area contributed by atoms with Gasteiger partial charge in [0.1, 0.15) is 0 Å². The second kappa shape index (κ2) is 16.2. The summed E-state index contributed by atoms with van der Waals surface area (Å²) in [6, 6.07) is 0. The van der Waals surface area contributed by atoms with Gasteiger partial charge in [-0.05, 0) is 32.1 Å². The molecule has 0 rings (SSSR count). The Balaban J connectivity index is 3.81. The van der Waals surface area contributed by atoms with Gasteiger partial charge in [0.15, 0.2) is 0 Å². The highest BCUT2D eigenvalue weighted by Gasteiger charge is 2.12. The zero-order chi connectivity index (χ0) is 18.0. The number of unbranched alkanes of at least 4 members (excludes halogenated alkanes) is 3. The Hall–Kier alpha value is -1.65. The van der Waals surface area contributed by atoms with Crippen molar-refractivity contribution in [1.82, 2.24) is 0 Å². The first-order valence-corrected chi connectivity index (χ1v) is 8.80. The minimum absolute atomic E-state index is 0.00520. The maximum atomic E-state index is 10.4. The highest BCUT2D eigenvalue weighted by atomic mass is 16.4. The highest BCUT2D eigenvalue weighted by molar-refractivity contribution is 5.66. The third-order valence-corrected chi connectivity index (χ3v) is 3.48. The molecule has 0 spiro atoms. The second-order valence-corrected chi connectivity index (χ2v) is 5.74. The van der Waals surface area contributed by atoms with Crippen LogP contribution in [0.5, 0.6) is 0 Å². The number of carboxylic acids is 1. The van der Waals surface area contributed by atoms with Gasteiger partial charge in [-0.15, -0.1) is 0 Å². The molecule has 0 aromatic carbocycles. The van der Waals surface area contributed by atoms with E-state index in [2.05, 4.69) is 25.2 Å². The molecule has 0 aliphatic heterocycles. The van der Waals surface area contributed by atoms with Gasteiger partial charge < -0.3 is 15.3 Å². The lowest BCUT2D eigenvalue weighted by atomic mass is 10.1. The third-order valence-electron chi connectivity index (χ3n) is 3.48. The van der Waals surface area contributed by atoms with Crippen molar-refractivity contribution in [2.45, 2.75) is 70.5 Å². The van der Waals surface area contributed by atoms with Crippen molar-refractivity contribution in [2.24, 2.45) is 0 Å². The van der Waals surface area contributed by atoms with Crippen LogP contribution in [0.1, 0.15) is 58.3 Å². The summed E-state index contributed by atoms with van der Waals surface area (Å²) in [5.41, 5.74) is 0. The first kappa shape index (κ1) is 22.4. The van der Waals surface area contributed by atoms with Gasteiger partial charge in [-0.1, -0.05) is 68.4 Å². The number of aliphatic hydroxyl groups excluding tert-OH is 2. The van der Waals surface area contributed by atoms with Gasteiger partial charge >= 0.3 is 5.97 Å². The second-order valence-electron chi connectivity index (χ2n) is 5.74. The summed E-state index contributed by atoms with van der Waals surface area (Å²) in [7, 11) is 0. The molecule has 4 heteroatoms. The third kappa shape index (κ3) is 15.3. The van der Waals surface area contributed by atoms with Crippen LogP contribution in [0.25, 0.3) is 0 Å². The fourth-order valence-electron chi connectivity index (χ4n) is 2.03. The Bertz CT molecular complexity index is 421. The van der Waals surface area contributed by atoms with Crippen molar-refractivity contribution in [3.05, 3.63) is 48.6 Å². The number of aliphatic hydroxyl groups is 2. The van der Waals surface area contributed by atoms with Crippen LogP contribution in [0.4, 0.5) is 0 Å². The van der Waals surface area contributed by atoms with Gasteiger partial charge in [-0.2, -0.15) is 0 Å². The van der Waals surface area contributed by atoms with Crippen LogP contribution in [-0.2, 0) is 4.79 Å². The Kier molecular flexibility index (Phi) is 15.1. The summed E-state index contributed by atoms with van der Waals surface area (Å²) in [5, 5.41) is 27.9. The number of allylic oxidation sites excluding steroid dienone is 7. The molecule has 0 aliphatic carbocycles. The minimum Gasteiger partial charge on any atom is -0.481 e. The number of carbonyl (C=O) groups is 1. The van der Waals surface area contributed by atoms with Crippen molar-refractivity contribution in [2.75, 3.05) is 0 Å². The predicted molar refractivity (Wildman–Crippen MR) is 98.8 cm³/mol. The molecule has 2 atom stereocenters. The fraction of sp³-hybridized carbons (Fsp3) is 0.550. The molecule has 24 heavy (non-hydrogen) atoms. The number of rotatable bonds is 14. The van der Waals surface area contributed by atoms with E-state index < -0.39 is 18.2 Å². The lowest BCUT2D eigenvalue weighted by Gasteiger charge is -2.13. The Morgan fingerprint density at radius 1 is 0.958 bits per heavy atom. The summed E-state index contributed by atoms with van der Waals surface area (Å²) < 4.78 is 0. The molecule has 0 saturated heterocycles. The maximum absolute atomic E-state index is 10.4. The van der Waals surface area contributed by atoms with Gasteiger partial charge in [0, 0.05) is 6.42 Å². The largest absolute Gasteiger partial charge is 0.481 e. The molecule has 0 saturated carbocycles. The first-order valence-electron chi connectivity index (χ1n) is 8.80. The quantitative estimate of drug-likeness (QED) is 0.253. The van der Waals surface area contributed by atoms with Crippen molar-refractivity contribution in [1.29, 1.82) is 0 Å². The topological polar surface area (TPSA) is 77.8 Å². The Morgan fingerprint density at radius 3 is 2.42 bits per heavy atom. The van der Waals surface area contributed by atoms with E-state index in [1.54, 1.807) is 12.2 Å². The highest BCUT2D eigenvalue weighted by Crippen LogP contribution is 2.06. The fourth-order valence-corrected chi connectivity index (χ4v) is 2.03. The van der Waals surface area contributed by atoms with Gasteiger partial charge in [0.05, 0.1) is 12.2 Å². The van der Waals surface area contributed by atoms with E-state index in [0.717, 1.165) is 12.8 Å². The number of aliphatic carboxylic acids is 1. The molecule has 0 aliphatic rings. The van der Waals surface area contributed by atoms with Crippen LogP contribution >= 0.6 is 0 Å². The summed E-state index contributed by atoms with van der Waals surface area (Å²) in [6.07, 6.45) is 19.8. The SMILES string of the molecule is CCCCC/C=C/C/C=C/C=C/C=C/[C@@H](O)[C@@H](O)CCCC(=O)O. The van der Waals surface area contributed by atoms with E-state index in [1.807, 2.05) is 12.2 Å². The predicted octanol–water partition coefficient (Wildman–Crippen LogP) is 4.16. The van der Waals surface area contributed by atoms with Crippen molar-refractivity contribution in [3.8, 4) is 0 Å². The Labute approximate surface area is 145 Å². The van der Waals surface area contributed by atoms with E-state index in [1.165, 1.54) is 25.3 Å². The maximum Gasteiger partial charge on any atom is 0.303 e. The van der Waals surface area contributed by atoms with E-state index in [-0.39, 0.29) is 12.8 Å². The first-order chi connectivity index (χ1) is 11.6. The van der Waals surface area contributed by atoms with E-state index >= 15 is 0 Å². The van der Waals surface area contributed by atoms with Crippen LogP contribution in [0.15, 0.2) is 48.6 Å². The van der Waals surface area contributed by atoms with Gasteiger partial charge in [0.25, 0.3) is 0 Å². The molecule has 0 amide bonds. The molecule has 0 unspecified atom stereocenters. The van der Waals surface area contributed by atoms with Crippen LogP contribution < -0.4 is 0 Å². The Morgan fingerprint density at radius 2 is 1.71 bits per heavy atom. The summed E-state index contributed by atoms with van der Waals surface area (Å²) in [6.45, 7) is 2.20. The lowest BCUT2D eigenvalue weighted by Crippen LogP contribution is -2.23. The molecule has 4 nitrogen and oxygen atoms in total. The molecule has 0 bridgehead atoms.